The van der Waals surface area contributed by atoms with Crippen molar-refractivity contribution in [2.24, 2.45) is 0 Å². The summed E-state index contributed by atoms with van der Waals surface area (Å²) in [4.78, 5) is 0. The molecule has 136 valence electrons. The van der Waals surface area contributed by atoms with Gasteiger partial charge in [0.2, 0.25) is 0 Å². The SMILES string of the molecule is CCn1c(COc2cc(C)ccc2C)nnc1SCc1ccc(Cl)cc1. The minimum absolute atomic E-state index is 0.409. The molecule has 0 saturated heterocycles. The fourth-order valence-corrected chi connectivity index (χ4v) is 3.69. The van der Waals surface area contributed by atoms with Gasteiger partial charge in [-0.1, -0.05) is 47.6 Å². The first-order valence-electron chi connectivity index (χ1n) is 8.56. The smallest absolute Gasteiger partial charge is 0.191 e. The van der Waals surface area contributed by atoms with Crippen LogP contribution in [0.5, 0.6) is 5.75 Å². The number of nitrogens with zero attached hydrogens (tertiary/aromatic N) is 3. The number of benzene rings is 2. The van der Waals surface area contributed by atoms with E-state index < -0.39 is 0 Å². The van der Waals surface area contributed by atoms with Gasteiger partial charge in [0.25, 0.3) is 0 Å². The largest absolute Gasteiger partial charge is 0.485 e. The number of thioether (sulfide) groups is 1. The predicted octanol–water partition coefficient (Wildman–Crippen LogP) is 5.44. The Balaban J connectivity index is 1.67. The fraction of sp³-hybridized carbons (Fsp3) is 0.300. The van der Waals surface area contributed by atoms with Crippen LogP contribution in [0.25, 0.3) is 0 Å². The van der Waals surface area contributed by atoms with Gasteiger partial charge < -0.3 is 9.30 Å². The van der Waals surface area contributed by atoms with E-state index in [1.807, 2.05) is 31.2 Å². The molecule has 0 aliphatic heterocycles. The summed E-state index contributed by atoms with van der Waals surface area (Å²) in [5, 5.41) is 10.3. The van der Waals surface area contributed by atoms with Gasteiger partial charge in [-0.05, 0) is 55.7 Å². The molecule has 0 unspecified atom stereocenters. The van der Waals surface area contributed by atoms with Crippen LogP contribution in [0.4, 0.5) is 0 Å². The molecule has 0 N–H and O–H groups in total. The van der Waals surface area contributed by atoms with E-state index in [-0.39, 0.29) is 0 Å². The molecule has 0 aliphatic carbocycles. The molecule has 26 heavy (non-hydrogen) atoms. The number of hydrogen-bond donors (Lipinski definition) is 0. The van der Waals surface area contributed by atoms with Crippen LogP contribution in [0.15, 0.2) is 47.6 Å². The minimum atomic E-state index is 0.409. The van der Waals surface area contributed by atoms with Crippen molar-refractivity contribution in [1.29, 1.82) is 0 Å². The van der Waals surface area contributed by atoms with E-state index in [0.29, 0.717) is 6.61 Å². The highest BCUT2D eigenvalue weighted by Gasteiger charge is 2.13. The summed E-state index contributed by atoms with van der Waals surface area (Å²) in [5.74, 6) is 2.56. The maximum absolute atomic E-state index is 5.99. The van der Waals surface area contributed by atoms with Crippen molar-refractivity contribution >= 4 is 23.4 Å². The molecule has 1 aromatic heterocycles. The summed E-state index contributed by atoms with van der Waals surface area (Å²) in [5.41, 5.74) is 3.51. The highest BCUT2D eigenvalue weighted by molar-refractivity contribution is 7.98. The lowest BCUT2D eigenvalue weighted by Gasteiger charge is -2.11. The molecule has 0 aliphatic rings. The molecular formula is C20H22ClN3OS. The Labute approximate surface area is 163 Å². The van der Waals surface area contributed by atoms with Crippen molar-refractivity contribution in [3.63, 3.8) is 0 Å². The van der Waals surface area contributed by atoms with Gasteiger partial charge in [0.05, 0.1) is 0 Å². The zero-order valence-corrected chi connectivity index (χ0v) is 16.8. The molecule has 3 rings (SSSR count). The topological polar surface area (TPSA) is 39.9 Å². The summed E-state index contributed by atoms with van der Waals surface area (Å²) in [7, 11) is 0. The number of aromatic nitrogens is 3. The van der Waals surface area contributed by atoms with Gasteiger partial charge in [-0.15, -0.1) is 10.2 Å². The number of halogens is 1. The lowest BCUT2D eigenvalue weighted by atomic mass is 10.1. The van der Waals surface area contributed by atoms with E-state index in [2.05, 4.69) is 46.8 Å². The third-order valence-corrected chi connectivity index (χ3v) is 5.38. The number of ether oxygens (including phenoxy) is 1. The molecule has 3 aromatic rings. The summed E-state index contributed by atoms with van der Waals surface area (Å²) in [6.45, 7) is 7.42. The van der Waals surface area contributed by atoms with Crippen LogP contribution >= 0.6 is 23.4 Å². The minimum Gasteiger partial charge on any atom is -0.485 e. The van der Waals surface area contributed by atoms with Gasteiger partial charge in [0.15, 0.2) is 11.0 Å². The van der Waals surface area contributed by atoms with Crippen molar-refractivity contribution < 1.29 is 4.74 Å². The van der Waals surface area contributed by atoms with Crippen LogP contribution in [0, 0.1) is 13.8 Å². The van der Waals surface area contributed by atoms with Gasteiger partial charge in [-0.25, -0.2) is 0 Å². The Morgan fingerprint density at radius 2 is 1.85 bits per heavy atom. The Bertz CT molecular complexity index is 877. The fourth-order valence-electron chi connectivity index (χ4n) is 2.58. The molecule has 0 bridgehead atoms. The second-order valence-electron chi connectivity index (χ2n) is 6.12. The van der Waals surface area contributed by atoms with Crippen LogP contribution in [0.3, 0.4) is 0 Å². The standard InChI is InChI=1S/C20H22ClN3OS/c1-4-24-19(12-25-18-11-14(2)5-6-15(18)3)22-23-20(24)26-13-16-7-9-17(21)10-8-16/h5-11H,4,12-13H2,1-3H3. The van der Waals surface area contributed by atoms with Crippen molar-refractivity contribution in [3.8, 4) is 5.75 Å². The molecule has 0 fully saturated rings. The molecule has 0 saturated carbocycles. The van der Waals surface area contributed by atoms with E-state index in [9.17, 15) is 0 Å². The Hall–Kier alpha value is -1.98. The van der Waals surface area contributed by atoms with E-state index in [1.165, 1.54) is 11.1 Å². The van der Waals surface area contributed by atoms with Crippen LogP contribution in [-0.2, 0) is 18.9 Å². The third kappa shape index (κ3) is 4.59. The molecule has 6 heteroatoms. The highest BCUT2D eigenvalue weighted by Crippen LogP contribution is 2.24. The predicted molar refractivity (Wildman–Crippen MR) is 107 cm³/mol. The maximum atomic E-state index is 5.99. The Morgan fingerprint density at radius 3 is 2.58 bits per heavy atom. The third-order valence-electron chi connectivity index (χ3n) is 4.09. The second-order valence-corrected chi connectivity index (χ2v) is 7.49. The summed E-state index contributed by atoms with van der Waals surface area (Å²) >= 11 is 7.61. The van der Waals surface area contributed by atoms with E-state index >= 15 is 0 Å². The molecular weight excluding hydrogens is 366 g/mol. The summed E-state index contributed by atoms with van der Waals surface area (Å²) in [6.07, 6.45) is 0. The highest BCUT2D eigenvalue weighted by atomic mass is 35.5. The molecule has 1 heterocycles. The van der Waals surface area contributed by atoms with Crippen LogP contribution in [0.1, 0.15) is 29.4 Å². The first-order valence-corrected chi connectivity index (χ1v) is 9.92. The normalized spacial score (nSPS) is 10.9. The van der Waals surface area contributed by atoms with Crippen LogP contribution in [-0.4, -0.2) is 14.8 Å². The van der Waals surface area contributed by atoms with Gasteiger partial charge in [0, 0.05) is 17.3 Å². The van der Waals surface area contributed by atoms with E-state index in [0.717, 1.165) is 39.6 Å². The number of hydrogen-bond acceptors (Lipinski definition) is 4. The first kappa shape index (κ1) is 18.8. The average molecular weight is 388 g/mol. The molecule has 2 aromatic carbocycles. The van der Waals surface area contributed by atoms with Crippen molar-refractivity contribution in [2.45, 2.75) is 44.8 Å². The zero-order valence-electron chi connectivity index (χ0n) is 15.2. The van der Waals surface area contributed by atoms with Gasteiger partial charge in [0.1, 0.15) is 12.4 Å². The summed E-state index contributed by atoms with van der Waals surface area (Å²) in [6, 6.07) is 14.1. The zero-order chi connectivity index (χ0) is 18.5. The van der Waals surface area contributed by atoms with Crippen LogP contribution in [0.2, 0.25) is 5.02 Å². The molecule has 0 radical (unpaired) electrons. The average Bonchev–Trinajstić information content (AvgIpc) is 3.04. The maximum Gasteiger partial charge on any atom is 0.191 e. The monoisotopic (exact) mass is 387 g/mol. The lowest BCUT2D eigenvalue weighted by Crippen LogP contribution is -2.07. The Kier molecular flexibility index (Phi) is 6.22. The molecule has 0 spiro atoms. The van der Waals surface area contributed by atoms with E-state index in [4.69, 9.17) is 16.3 Å². The number of rotatable bonds is 7. The molecule has 4 nitrogen and oxygen atoms in total. The first-order chi connectivity index (χ1) is 12.6. The van der Waals surface area contributed by atoms with Crippen LogP contribution < -0.4 is 4.74 Å². The number of aryl methyl sites for hydroxylation is 2. The Morgan fingerprint density at radius 1 is 1.08 bits per heavy atom. The quantitative estimate of drug-likeness (QED) is 0.506. The summed E-state index contributed by atoms with van der Waals surface area (Å²) < 4.78 is 8.09. The van der Waals surface area contributed by atoms with Crippen molar-refractivity contribution in [3.05, 3.63) is 70.0 Å². The molecule has 0 amide bonds. The second kappa shape index (κ2) is 8.60. The van der Waals surface area contributed by atoms with Gasteiger partial charge in [-0.3, -0.25) is 0 Å². The van der Waals surface area contributed by atoms with Crippen molar-refractivity contribution in [2.75, 3.05) is 0 Å². The van der Waals surface area contributed by atoms with Crippen molar-refractivity contribution in [1.82, 2.24) is 14.8 Å². The van der Waals surface area contributed by atoms with E-state index in [1.54, 1.807) is 11.8 Å². The van der Waals surface area contributed by atoms with Gasteiger partial charge in [-0.2, -0.15) is 0 Å². The molecule has 0 atom stereocenters. The van der Waals surface area contributed by atoms with Gasteiger partial charge >= 0.3 is 0 Å². The lowest BCUT2D eigenvalue weighted by molar-refractivity contribution is 0.286.